The van der Waals surface area contributed by atoms with Crippen molar-refractivity contribution in [1.82, 2.24) is 0 Å². The summed E-state index contributed by atoms with van der Waals surface area (Å²) in [4.78, 5) is 48.7. The van der Waals surface area contributed by atoms with Gasteiger partial charge in [-0.3, -0.25) is 19.2 Å². The lowest BCUT2D eigenvalue weighted by atomic mass is 10.0. The molecule has 2 N–H and O–H groups in total. The Bertz CT molecular complexity index is 1470. The fraction of sp³-hybridized carbons (Fsp3) is 0.317. The normalized spacial score (nSPS) is 10.6. The number of amides is 2. The Morgan fingerprint density at radius 1 is 0.429 bits per heavy atom. The molecule has 4 rings (SSSR count). The summed E-state index contributed by atoms with van der Waals surface area (Å²) >= 11 is 0. The van der Waals surface area contributed by atoms with Crippen molar-refractivity contribution in [3.63, 3.8) is 0 Å². The smallest absolute Gasteiger partial charge is 0.305 e. The highest BCUT2D eigenvalue weighted by molar-refractivity contribution is 5.91. The number of carbonyl (C=O) groups excluding carboxylic acids is 4. The Kier molecular flexibility index (Phi) is 15.6. The van der Waals surface area contributed by atoms with Crippen LogP contribution in [0.2, 0.25) is 0 Å². The van der Waals surface area contributed by atoms with Gasteiger partial charge in [0.1, 0.15) is 0 Å². The van der Waals surface area contributed by atoms with Crippen LogP contribution in [0, 0.1) is 0 Å². The minimum absolute atomic E-state index is 0.142. The zero-order valence-electron chi connectivity index (χ0n) is 28.0. The van der Waals surface area contributed by atoms with Crippen LogP contribution in [0.25, 0.3) is 0 Å². The van der Waals surface area contributed by atoms with Gasteiger partial charge in [0.15, 0.2) is 0 Å². The maximum absolute atomic E-state index is 12.4. The van der Waals surface area contributed by atoms with Crippen molar-refractivity contribution < 1.29 is 28.7 Å². The fourth-order valence-corrected chi connectivity index (χ4v) is 5.24. The Hall–Kier alpha value is -5.24. The number of anilines is 2. The Labute approximate surface area is 289 Å². The van der Waals surface area contributed by atoms with Crippen molar-refractivity contribution in [1.29, 1.82) is 0 Å². The van der Waals surface area contributed by atoms with Gasteiger partial charge in [0, 0.05) is 37.1 Å². The molecule has 0 aliphatic rings. The topological polar surface area (TPSA) is 111 Å². The summed E-state index contributed by atoms with van der Waals surface area (Å²) in [6.45, 7) is 0.759. The first-order valence-electron chi connectivity index (χ1n) is 17.1. The highest BCUT2D eigenvalue weighted by Gasteiger charge is 2.09. The number of esters is 2. The summed E-state index contributed by atoms with van der Waals surface area (Å²) in [5.74, 6) is -0.838. The molecule has 4 aromatic rings. The highest BCUT2D eigenvalue weighted by atomic mass is 16.5. The van der Waals surface area contributed by atoms with E-state index in [-0.39, 0.29) is 49.4 Å². The molecular weight excluding hydrogens is 616 g/mol. The molecule has 0 heterocycles. The van der Waals surface area contributed by atoms with Crippen LogP contribution in [0.15, 0.2) is 109 Å². The maximum atomic E-state index is 12.4. The molecule has 256 valence electrons. The van der Waals surface area contributed by atoms with Gasteiger partial charge in [0.05, 0.1) is 13.2 Å². The lowest BCUT2D eigenvalue weighted by molar-refractivity contribution is -0.144. The van der Waals surface area contributed by atoms with E-state index >= 15 is 0 Å². The summed E-state index contributed by atoms with van der Waals surface area (Å²) in [5.41, 5.74) is 6.00. The molecule has 8 nitrogen and oxygen atoms in total. The van der Waals surface area contributed by atoms with Gasteiger partial charge in [-0.05, 0) is 91.5 Å². The molecular formula is C41H46N2O6. The van der Waals surface area contributed by atoms with Crippen molar-refractivity contribution in [2.24, 2.45) is 0 Å². The van der Waals surface area contributed by atoms with E-state index in [2.05, 4.69) is 34.9 Å². The summed E-state index contributed by atoms with van der Waals surface area (Å²) in [7, 11) is 0. The molecule has 0 spiro atoms. The maximum Gasteiger partial charge on any atom is 0.305 e. The summed E-state index contributed by atoms with van der Waals surface area (Å²) in [5, 5.41) is 5.77. The van der Waals surface area contributed by atoms with Gasteiger partial charge in [0.25, 0.3) is 0 Å². The van der Waals surface area contributed by atoms with Crippen molar-refractivity contribution in [2.75, 3.05) is 23.8 Å². The zero-order valence-corrected chi connectivity index (χ0v) is 28.0. The molecule has 0 bridgehead atoms. The molecule has 0 radical (unpaired) electrons. The minimum Gasteiger partial charge on any atom is -0.466 e. The predicted molar refractivity (Wildman–Crippen MR) is 192 cm³/mol. The van der Waals surface area contributed by atoms with Crippen LogP contribution in [0.1, 0.15) is 73.6 Å². The summed E-state index contributed by atoms with van der Waals surface area (Å²) < 4.78 is 10.6. The number of hydrogen-bond donors (Lipinski definition) is 2. The van der Waals surface area contributed by atoms with Gasteiger partial charge in [0.2, 0.25) is 11.8 Å². The molecule has 2 amide bonds. The first-order chi connectivity index (χ1) is 23.9. The second-order valence-electron chi connectivity index (χ2n) is 12.0. The second kappa shape index (κ2) is 20.9. The quantitative estimate of drug-likeness (QED) is 0.0737. The van der Waals surface area contributed by atoms with Crippen LogP contribution >= 0.6 is 0 Å². The molecule has 0 saturated heterocycles. The molecule has 0 unspecified atom stereocenters. The third-order valence-corrected chi connectivity index (χ3v) is 7.88. The van der Waals surface area contributed by atoms with Crippen LogP contribution in [0.4, 0.5) is 11.4 Å². The van der Waals surface area contributed by atoms with Crippen molar-refractivity contribution in [2.45, 2.75) is 70.6 Å². The van der Waals surface area contributed by atoms with E-state index in [1.807, 2.05) is 84.9 Å². The third-order valence-electron chi connectivity index (χ3n) is 7.88. The summed E-state index contributed by atoms with van der Waals surface area (Å²) in [6.07, 6.45) is 5.75. The summed E-state index contributed by atoms with van der Waals surface area (Å²) in [6, 6.07) is 35.5. The Morgan fingerprint density at radius 3 is 1.20 bits per heavy atom. The lowest BCUT2D eigenvalue weighted by Gasteiger charge is -2.09. The number of benzene rings is 4. The van der Waals surface area contributed by atoms with Gasteiger partial charge in [-0.25, -0.2) is 0 Å². The van der Waals surface area contributed by atoms with Crippen LogP contribution in [0.5, 0.6) is 0 Å². The molecule has 8 heteroatoms. The van der Waals surface area contributed by atoms with E-state index in [0.29, 0.717) is 43.9 Å². The number of carbonyl (C=O) groups is 4. The highest BCUT2D eigenvalue weighted by Crippen LogP contribution is 2.17. The number of nitrogens with one attached hydrogen (secondary N) is 2. The van der Waals surface area contributed by atoms with Crippen LogP contribution in [-0.4, -0.2) is 37.0 Å². The first-order valence-corrected chi connectivity index (χ1v) is 17.1. The number of rotatable bonds is 20. The second-order valence-corrected chi connectivity index (χ2v) is 12.0. The van der Waals surface area contributed by atoms with Crippen molar-refractivity contribution >= 4 is 35.1 Å². The van der Waals surface area contributed by atoms with Crippen LogP contribution in [0.3, 0.4) is 0 Å². The molecule has 0 fully saturated rings. The van der Waals surface area contributed by atoms with Crippen molar-refractivity contribution in [3.05, 3.63) is 131 Å². The van der Waals surface area contributed by atoms with Crippen LogP contribution in [-0.2, 0) is 47.9 Å². The minimum atomic E-state index is -0.277. The lowest BCUT2D eigenvalue weighted by Crippen LogP contribution is -2.13. The van der Waals surface area contributed by atoms with E-state index in [4.69, 9.17) is 9.47 Å². The Morgan fingerprint density at radius 2 is 0.816 bits per heavy atom. The fourth-order valence-electron chi connectivity index (χ4n) is 5.24. The first kappa shape index (κ1) is 36.6. The SMILES string of the molecule is O=C(CCCC(=O)OCCCc1ccccc1)Nc1ccc(Cc2ccc(NC(=O)CCCC(=O)OCCCc3ccccc3)cc2)cc1. The predicted octanol–water partition coefficient (Wildman–Crippen LogP) is 7.85. The Balaban J connectivity index is 1.04. The zero-order chi connectivity index (χ0) is 34.5. The molecule has 0 saturated carbocycles. The average molecular weight is 663 g/mol. The molecule has 0 atom stereocenters. The van der Waals surface area contributed by atoms with Gasteiger partial charge < -0.3 is 20.1 Å². The number of ether oxygens (including phenoxy) is 2. The van der Waals surface area contributed by atoms with Crippen molar-refractivity contribution in [3.8, 4) is 0 Å². The van der Waals surface area contributed by atoms with Gasteiger partial charge in [-0.2, -0.15) is 0 Å². The van der Waals surface area contributed by atoms with Gasteiger partial charge in [-0.1, -0.05) is 84.9 Å². The molecule has 0 aliphatic carbocycles. The largest absolute Gasteiger partial charge is 0.466 e. The molecule has 0 aliphatic heterocycles. The number of aryl methyl sites for hydroxylation is 2. The van der Waals surface area contributed by atoms with E-state index in [1.165, 1.54) is 11.1 Å². The average Bonchev–Trinajstić information content (AvgIpc) is 3.11. The van der Waals surface area contributed by atoms with E-state index in [0.717, 1.165) is 36.8 Å². The monoisotopic (exact) mass is 662 g/mol. The van der Waals surface area contributed by atoms with Crippen LogP contribution < -0.4 is 10.6 Å². The third kappa shape index (κ3) is 15.0. The molecule has 49 heavy (non-hydrogen) atoms. The van der Waals surface area contributed by atoms with E-state index in [1.54, 1.807) is 0 Å². The van der Waals surface area contributed by atoms with Gasteiger partial charge in [-0.15, -0.1) is 0 Å². The standard InChI is InChI=1S/C41H46N2O6/c44-38(17-7-19-40(46)48-29-9-15-32-11-3-1-4-12-32)42-36-25-21-34(22-26-36)31-35-23-27-37(28-24-35)43-39(45)18-8-20-41(47)49-30-10-16-33-13-5-2-6-14-33/h1-6,11-14,21-28H,7-10,15-20,29-31H2,(H,42,44)(H,43,45). The molecule has 4 aromatic carbocycles. The van der Waals surface area contributed by atoms with Gasteiger partial charge >= 0.3 is 11.9 Å². The van der Waals surface area contributed by atoms with E-state index < -0.39 is 0 Å². The number of hydrogen-bond acceptors (Lipinski definition) is 6. The molecule has 0 aromatic heterocycles. The van der Waals surface area contributed by atoms with E-state index in [9.17, 15) is 19.2 Å².